The average Bonchev–Trinajstić information content (AvgIpc) is 2.89. The van der Waals surface area contributed by atoms with Crippen LogP contribution in [0.4, 0.5) is 4.79 Å². The lowest BCUT2D eigenvalue weighted by atomic mass is 10.2. The fraction of sp³-hybridized carbons (Fsp3) is 0.200. The summed E-state index contributed by atoms with van der Waals surface area (Å²) in [6.07, 6.45) is 1.73. The summed E-state index contributed by atoms with van der Waals surface area (Å²) in [4.78, 5) is 26.1. The minimum atomic E-state index is -0.252. The molecule has 0 N–H and O–H groups in total. The van der Waals surface area contributed by atoms with Crippen LogP contribution in [0.3, 0.4) is 0 Å². The Balaban J connectivity index is 1.74. The van der Waals surface area contributed by atoms with Crippen LogP contribution in [0.5, 0.6) is 5.75 Å². The van der Waals surface area contributed by atoms with E-state index in [9.17, 15) is 9.59 Å². The van der Waals surface area contributed by atoms with E-state index in [2.05, 4.69) is 22.6 Å². The third kappa shape index (κ3) is 4.84. The Morgan fingerprint density at radius 1 is 1.18 bits per heavy atom. The molecule has 0 saturated carbocycles. The number of benzene rings is 2. The summed E-state index contributed by atoms with van der Waals surface area (Å²) in [5.41, 5.74) is 1.67. The predicted molar refractivity (Wildman–Crippen MR) is 123 cm³/mol. The molecule has 3 rings (SSSR count). The van der Waals surface area contributed by atoms with Gasteiger partial charge in [0.1, 0.15) is 12.4 Å². The molecule has 0 radical (unpaired) electrons. The maximum absolute atomic E-state index is 12.4. The first-order valence-electron chi connectivity index (χ1n) is 8.39. The summed E-state index contributed by atoms with van der Waals surface area (Å²) < 4.78 is 6.75. The van der Waals surface area contributed by atoms with Gasteiger partial charge in [-0.25, -0.2) is 0 Å². The van der Waals surface area contributed by atoms with Crippen LogP contribution in [0.15, 0.2) is 41.3 Å². The fourth-order valence-corrected chi connectivity index (χ4v) is 4.71. The lowest BCUT2D eigenvalue weighted by Crippen LogP contribution is -2.34. The third-order valence-corrected chi connectivity index (χ3v) is 6.31. The van der Waals surface area contributed by atoms with Crippen LogP contribution in [0.2, 0.25) is 10.0 Å². The van der Waals surface area contributed by atoms with Gasteiger partial charge in [-0.05, 0) is 84.1 Å². The molecule has 0 aliphatic carbocycles. The van der Waals surface area contributed by atoms with Crippen molar-refractivity contribution < 1.29 is 14.3 Å². The van der Waals surface area contributed by atoms with Gasteiger partial charge in [0.2, 0.25) is 0 Å². The monoisotopic (exact) mass is 547 g/mol. The second-order valence-corrected chi connectivity index (χ2v) is 9.36. The number of hydrogen-bond donors (Lipinski definition) is 0. The largest absolute Gasteiger partial charge is 0.488 e. The number of halogens is 3. The molecular formula is C20H16Cl2INO3S. The van der Waals surface area contributed by atoms with Crippen molar-refractivity contribution in [1.29, 1.82) is 0 Å². The average molecular weight is 548 g/mol. The van der Waals surface area contributed by atoms with Gasteiger partial charge >= 0.3 is 0 Å². The fourth-order valence-electron chi connectivity index (χ4n) is 2.59. The maximum Gasteiger partial charge on any atom is 0.293 e. The number of nitrogens with zero attached hydrogens (tertiary/aromatic N) is 1. The van der Waals surface area contributed by atoms with Crippen molar-refractivity contribution >= 4 is 74.8 Å². The first-order valence-corrected chi connectivity index (χ1v) is 11.0. The van der Waals surface area contributed by atoms with Gasteiger partial charge in [-0.3, -0.25) is 14.5 Å². The maximum atomic E-state index is 12.4. The van der Waals surface area contributed by atoms with Crippen molar-refractivity contribution in [3.05, 3.63) is 66.0 Å². The van der Waals surface area contributed by atoms with Crippen LogP contribution >= 0.6 is 57.6 Å². The SMILES string of the molecule is CC(C)N1C(=O)S/C(=C\c2ccc(OCc3ccc(Cl)cc3Cl)c(I)c2)C1=O. The van der Waals surface area contributed by atoms with Crippen LogP contribution in [-0.4, -0.2) is 22.1 Å². The molecule has 0 unspecified atom stereocenters. The van der Waals surface area contributed by atoms with Gasteiger partial charge in [0.15, 0.2) is 0 Å². The zero-order chi connectivity index (χ0) is 20.4. The van der Waals surface area contributed by atoms with Crippen molar-refractivity contribution in [3.8, 4) is 5.75 Å². The summed E-state index contributed by atoms with van der Waals surface area (Å²) in [7, 11) is 0. The molecule has 1 fully saturated rings. The minimum Gasteiger partial charge on any atom is -0.488 e. The van der Waals surface area contributed by atoms with Crippen LogP contribution in [0, 0.1) is 3.57 Å². The number of thioether (sulfide) groups is 1. The van der Waals surface area contributed by atoms with Crippen molar-refractivity contribution in [2.24, 2.45) is 0 Å². The molecule has 0 aromatic heterocycles. The van der Waals surface area contributed by atoms with Gasteiger partial charge in [-0.15, -0.1) is 0 Å². The Hall–Kier alpha value is -1.22. The highest BCUT2D eigenvalue weighted by molar-refractivity contribution is 14.1. The summed E-state index contributed by atoms with van der Waals surface area (Å²) in [6, 6.07) is 10.7. The lowest BCUT2D eigenvalue weighted by Gasteiger charge is -2.16. The second-order valence-electron chi connectivity index (χ2n) is 6.36. The van der Waals surface area contributed by atoms with E-state index >= 15 is 0 Å². The van der Waals surface area contributed by atoms with E-state index in [-0.39, 0.29) is 17.2 Å². The van der Waals surface area contributed by atoms with Crippen molar-refractivity contribution in [2.75, 3.05) is 0 Å². The Morgan fingerprint density at radius 2 is 1.93 bits per heavy atom. The number of rotatable bonds is 5. The number of imide groups is 1. The molecule has 4 nitrogen and oxygen atoms in total. The molecule has 0 atom stereocenters. The van der Waals surface area contributed by atoms with E-state index in [1.54, 1.807) is 18.2 Å². The molecule has 28 heavy (non-hydrogen) atoms. The van der Waals surface area contributed by atoms with E-state index in [1.165, 1.54) is 4.90 Å². The van der Waals surface area contributed by atoms with Crippen LogP contribution in [0.1, 0.15) is 25.0 Å². The molecule has 1 aliphatic rings. The summed E-state index contributed by atoms with van der Waals surface area (Å²) in [5.74, 6) is 0.455. The van der Waals surface area contributed by atoms with Crippen molar-refractivity contribution in [3.63, 3.8) is 0 Å². The standard InChI is InChI=1S/C20H16Cl2INO3S/c1-11(2)24-19(25)18(28-20(24)26)8-12-3-6-17(16(23)7-12)27-10-13-4-5-14(21)9-15(13)22/h3-9,11H,10H2,1-2H3/b18-8-. The molecule has 8 heteroatoms. The molecule has 1 heterocycles. The van der Waals surface area contributed by atoms with Crippen LogP contribution in [0.25, 0.3) is 6.08 Å². The molecule has 2 aromatic carbocycles. The Labute approximate surface area is 191 Å². The topological polar surface area (TPSA) is 46.6 Å². The minimum absolute atomic E-state index is 0.158. The lowest BCUT2D eigenvalue weighted by molar-refractivity contribution is -0.123. The quantitative estimate of drug-likeness (QED) is 0.311. The highest BCUT2D eigenvalue weighted by Crippen LogP contribution is 2.34. The third-order valence-electron chi connectivity index (χ3n) is 3.99. The molecule has 0 spiro atoms. The Bertz CT molecular complexity index is 978. The van der Waals surface area contributed by atoms with Gasteiger partial charge in [-0.2, -0.15) is 0 Å². The van der Waals surface area contributed by atoms with Gasteiger partial charge in [0.25, 0.3) is 11.1 Å². The van der Waals surface area contributed by atoms with Crippen molar-refractivity contribution in [2.45, 2.75) is 26.5 Å². The molecule has 1 saturated heterocycles. The number of amides is 2. The van der Waals surface area contributed by atoms with Crippen LogP contribution < -0.4 is 4.74 Å². The highest BCUT2D eigenvalue weighted by Gasteiger charge is 2.36. The molecule has 146 valence electrons. The molecule has 2 amide bonds. The van der Waals surface area contributed by atoms with Gasteiger partial charge in [-0.1, -0.05) is 35.3 Å². The number of carbonyl (C=O) groups excluding carboxylic acids is 2. The van der Waals surface area contributed by atoms with Gasteiger partial charge in [0, 0.05) is 21.7 Å². The van der Waals surface area contributed by atoms with E-state index in [0.717, 1.165) is 26.5 Å². The number of ether oxygens (including phenoxy) is 1. The Kier molecular flexibility index (Phi) is 6.96. The zero-order valence-electron chi connectivity index (χ0n) is 15.0. The molecule has 2 aromatic rings. The van der Waals surface area contributed by atoms with E-state index in [1.807, 2.05) is 38.1 Å². The zero-order valence-corrected chi connectivity index (χ0v) is 19.5. The molecule has 0 bridgehead atoms. The highest BCUT2D eigenvalue weighted by atomic mass is 127. The molecule has 1 aliphatic heterocycles. The normalized spacial score (nSPS) is 15.8. The van der Waals surface area contributed by atoms with Gasteiger partial charge < -0.3 is 4.74 Å². The predicted octanol–water partition coefficient (Wildman–Crippen LogP) is 6.62. The van der Waals surface area contributed by atoms with Crippen LogP contribution in [-0.2, 0) is 11.4 Å². The number of carbonyl (C=O) groups is 2. The first kappa shape index (κ1) is 21.5. The first-order chi connectivity index (χ1) is 13.3. The second kappa shape index (κ2) is 9.07. The van der Waals surface area contributed by atoms with Gasteiger partial charge in [0.05, 0.1) is 8.48 Å². The molecular weight excluding hydrogens is 532 g/mol. The summed E-state index contributed by atoms with van der Waals surface area (Å²) in [5, 5.41) is 0.898. The van der Waals surface area contributed by atoms with E-state index < -0.39 is 0 Å². The van der Waals surface area contributed by atoms with Crippen molar-refractivity contribution in [1.82, 2.24) is 4.90 Å². The van der Waals surface area contributed by atoms with E-state index in [0.29, 0.717) is 27.3 Å². The summed E-state index contributed by atoms with van der Waals surface area (Å²) in [6.45, 7) is 3.96. The number of hydrogen-bond acceptors (Lipinski definition) is 4. The Morgan fingerprint density at radius 3 is 2.54 bits per heavy atom. The smallest absolute Gasteiger partial charge is 0.293 e. The van der Waals surface area contributed by atoms with E-state index in [4.69, 9.17) is 27.9 Å². The summed E-state index contributed by atoms with van der Waals surface area (Å²) >= 11 is 15.2.